The maximum Gasteiger partial charge on any atom is 0.436 e. The van der Waals surface area contributed by atoms with Crippen molar-refractivity contribution in [2.24, 2.45) is 0 Å². The van der Waals surface area contributed by atoms with E-state index < -0.39 is 29.2 Å². The molecule has 3 aromatic rings. The number of hydrogen-bond acceptors (Lipinski definition) is 5. The Morgan fingerprint density at radius 2 is 1.94 bits per heavy atom. The van der Waals surface area contributed by atoms with Crippen molar-refractivity contribution >= 4 is 33.2 Å². The molecule has 0 spiro atoms. The molecule has 32 heavy (non-hydrogen) atoms. The van der Waals surface area contributed by atoms with Crippen LogP contribution in [0.15, 0.2) is 46.9 Å². The Bertz CT molecular complexity index is 1190. The summed E-state index contributed by atoms with van der Waals surface area (Å²) < 4.78 is 45.4. The smallest absolute Gasteiger partial charge is 0.436 e. The van der Waals surface area contributed by atoms with Gasteiger partial charge in [0.1, 0.15) is 18.0 Å². The van der Waals surface area contributed by atoms with E-state index in [1.54, 1.807) is 31.2 Å². The topological polar surface area (TPSA) is 99.3 Å². The molecule has 0 aliphatic heterocycles. The van der Waals surface area contributed by atoms with Gasteiger partial charge in [-0.3, -0.25) is 19.6 Å². The number of hydrogen-bond donors (Lipinski definition) is 1. The van der Waals surface area contributed by atoms with Gasteiger partial charge in [0.05, 0.1) is 26.8 Å². The Morgan fingerprint density at radius 1 is 1.25 bits per heavy atom. The van der Waals surface area contributed by atoms with Crippen molar-refractivity contribution in [2.45, 2.75) is 26.6 Å². The van der Waals surface area contributed by atoms with Gasteiger partial charge in [-0.15, -0.1) is 0 Å². The van der Waals surface area contributed by atoms with E-state index in [-0.39, 0.29) is 27.3 Å². The Balaban J connectivity index is 1.84. The molecule has 1 aromatic heterocycles. The van der Waals surface area contributed by atoms with Crippen LogP contribution >= 0.6 is 15.9 Å². The summed E-state index contributed by atoms with van der Waals surface area (Å²) in [5.74, 6) is -0.137. The van der Waals surface area contributed by atoms with Crippen molar-refractivity contribution in [2.75, 3.05) is 5.32 Å². The molecule has 0 saturated carbocycles. The van der Waals surface area contributed by atoms with Crippen molar-refractivity contribution in [1.29, 1.82) is 0 Å². The van der Waals surface area contributed by atoms with Gasteiger partial charge in [-0.1, -0.05) is 18.2 Å². The second-order valence-corrected chi connectivity index (χ2v) is 7.58. The number of para-hydroxylation sites is 1. The standard InChI is InChI=1S/C20H16BrF3N4O4/c1-11-5-3-4-6-16(11)32-15-8-13(7-14(9-15)28(30)31)25-17(29)10-27-12(2)18(21)19(26-27)20(22,23)24/h3-9H,10H2,1-2H3,(H,25,29). The fraction of sp³-hybridized carbons (Fsp3) is 0.200. The second-order valence-electron chi connectivity index (χ2n) is 6.79. The second kappa shape index (κ2) is 8.99. The Morgan fingerprint density at radius 3 is 2.53 bits per heavy atom. The van der Waals surface area contributed by atoms with Crippen LogP contribution in [0.1, 0.15) is 17.0 Å². The number of benzene rings is 2. The van der Waals surface area contributed by atoms with Gasteiger partial charge in [-0.25, -0.2) is 0 Å². The van der Waals surface area contributed by atoms with Crippen molar-refractivity contribution < 1.29 is 27.6 Å². The molecule has 2 aromatic carbocycles. The maximum atomic E-state index is 13.0. The van der Waals surface area contributed by atoms with E-state index in [0.29, 0.717) is 5.75 Å². The summed E-state index contributed by atoms with van der Waals surface area (Å²) in [6, 6.07) is 10.7. The first-order valence-corrected chi connectivity index (χ1v) is 9.88. The van der Waals surface area contributed by atoms with Gasteiger partial charge in [-0.2, -0.15) is 18.3 Å². The van der Waals surface area contributed by atoms with Gasteiger partial charge in [0.15, 0.2) is 5.69 Å². The van der Waals surface area contributed by atoms with Crippen LogP contribution in [0.2, 0.25) is 0 Å². The van der Waals surface area contributed by atoms with E-state index in [0.717, 1.165) is 16.3 Å². The zero-order valence-electron chi connectivity index (χ0n) is 16.7. The van der Waals surface area contributed by atoms with Gasteiger partial charge in [0.2, 0.25) is 5.91 Å². The summed E-state index contributed by atoms with van der Waals surface area (Å²) >= 11 is 2.84. The molecule has 0 saturated heterocycles. The lowest BCUT2D eigenvalue weighted by molar-refractivity contribution is -0.384. The zero-order chi connectivity index (χ0) is 23.6. The molecule has 1 N–H and O–H groups in total. The molecule has 0 fully saturated rings. The summed E-state index contributed by atoms with van der Waals surface area (Å²) in [6.45, 7) is 2.65. The van der Waals surface area contributed by atoms with E-state index in [4.69, 9.17) is 4.74 Å². The van der Waals surface area contributed by atoms with Crippen LogP contribution in [0.4, 0.5) is 24.5 Å². The minimum Gasteiger partial charge on any atom is -0.457 e. The van der Waals surface area contributed by atoms with Crippen LogP contribution < -0.4 is 10.1 Å². The SMILES string of the molecule is Cc1ccccc1Oc1cc(NC(=O)Cn2nc(C(F)(F)F)c(Br)c2C)cc([N+](=O)[O-])c1. The minimum atomic E-state index is -4.69. The van der Waals surface area contributed by atoms with Crippen molar-refractivity contribution in [3.05, 3.63) is 74.0 Å². The molecule has 12 heteroatoms. The average molecular weight is 513 g/mol. The van der Waals surface area contributed by atoms with E-state index in [1.165, 1.54) is 19.1 Å². The highest BCUT2D eigenvalue weighted by atomic mass is 79.9. The lowest BCUT2D eigenvalue weighted by Crippen LogP contribution is -2.21. The summed E-state index contributed by atoms with van der Waals surface area (Å²) in [5.41, 5.74) is -0.525. The third kappa shape index (κ3) is 5.25. The van der Waals surface area contributed by atoms with Crippen LogP contribution in [0.25, 0.3) is 0 Å². The number of rotatable bonds is 6. The lowest BCUT2D eigenvalue weighted by Gasteiger charge is -2.11. The summed E-state index contributed by atoms with van der Waals surface area (Å²) in [6.07, 6.45) is -4.69. The molecular formula is C20H16BrF3N4O4. The summed E-state index contributed by atoms with van der Waals surface area (Å²) in [4.78, 5) is 23.1. The number of aryl methyl sites for hydroxylation is 1. The highest BCUT2D eigenvalue weighted by molar-refractivity contribution is 9.10. The number of non-ortho nitro benzene ring substituents is 1. The fourth-order valence-corrected chi connectivity index (χ4v) is 3.32. The van der Waals surface area contributed by atoms with Crippen LogP contribution in [0, 0.1) is 24.0 Å². The maximum absolute atomic E-state index is 13.0. The van der Waals surface area contributed by atoms with Gasteiger partial charge in [0.25, 0.3) is 5.69 Å². The molecule has 1 heterocycles. The molecule has 0 bridgehead atoms. The highest BCUT2D eigenvalue weighted by Crippen LogP contribution is 2.35. The molecule has 0 aliphatic carbocycles. The molecule has 0 aliphatic rings. The van der Waals surface area contributed by atoms with Crippen molar-refractivity contribution in [1.82, 2.24) is 9.78 Å². The number of nitro benzene ring substituents is 1. The van der Waals surface area contributed by atoms with Gasteiger partial charge in [-0.05, 0) is 41.4 Å². The number of ether oxygens (including phenoxy) is 1. The van der Waals surface area contributed by atoms with Gasteiger partial charge >= 0.3 is 6.18 Å². The molecule has 3 rings (SSSR count). The molecule has 0 unspecified atom stereocenters. The number of anilines is 1. The molecule has 0 atom stereocenters. The van der Waals surface area contributed by atoms with E-state index in [9.17, 15) is 28.1 Å². The molecule has 0 radical (unpaired) electrons. The van der Waals surface area contributed by atoms with E-state index in [1.807, 2.05) is 0 Å². The number of aromatic nitrogens is 2. The van der Waals surface area contributed by atoms with Crippen LogP contribution in [-0.4, -0.2) is 20.6 Å². The number of amides is 1. The Hall–Kier alpha value is -3.41. The zero-order valence-corrected chi connectivity index (χ0v) is 18.3. The first-order valence-electron chi connectivity index (χ1n) is 9.08. The first kappa shape index (κ1) is 23.3. The van der Waals surface area contributed by atoms with Gasteiger partial charge in [0, 0.05) is 12.1 Å². The Labute approximate surface area is 188 Å². The van der Waals surface area contributed by atoms with Crippen molar-refractivity contribution in [3.63, 3.8) is 0 Å². The number of alkyl halides is 3. The highest BCUT2D eigenvalue weighted by Gasteiger charge is 2.38. The predicted octanol–water partition coefficient (Wildman–Crippen LogP) is 5.62. The third-order valence-electron chi connectivity index (χ3n) is 4.40. The quantitative estimate of drug-likeness (QED) is 0.341. The number of carbonyl (C=O) groups excluding carboxylic acids is 1. The first-order chi connectivity index (χ1) is 15.0. The predicted molar refractivity (Wildman–Crippen MR) is 113 cm³/mol. The molecule has 8 nitrogen and oxygen atoms in total. The third-order valence-corrected chi connectivity index (χ3v) is 5.35. The number of nitro groups is 1. The fourth-order valence-electron chi connectivity index (χ4n) is 2.81. The van der Waals surface area contributed by atoms with Crippen molar-refractivity contribution in [3.8, 4) is 11.5 Å². The monoisotopic (exact) mass is 512 g/mol. The average Bonchev–Trinajstić information content (AvgIpc) is 2.98. The molecule has 168 valence electrons. The van der Waals surface area contributed by atoms with Crippen LogP contribution in [0.5, 0.6) is 11.5 Å². The summed E-state index contributed by atoms with van der Waals surface area (Å²) in [7, 11) is 0. The minimum absolute atomic E-state index is 0.0488. The van der Waals surface area contributed by atoms with E-state index >= 15 is 0 Å². The lowest BCUT2D eigenvalue weighted by atomic mass is 10.2. The number of halogens is 4. The number of nitrogens with one attached hydrogen (secondary N) is 1. The Kier molecular flexibility index (Phi) is 6.53. The summed E-state index contributed by atoms with van der Waals surface area (Å²) in [5, 5.41) is 17.2. The molecule has 1 amide bonds. The molecular weight excluding hydrogens is 497 g/mol. The normalized spacial score (nSPS) is 11.3. The van der Waals surface area contributed by atoms with Crippen LogP contribution in [-0.2, 0) is 17.5 Å². The van der Waals surface area contributed by atoms with Crippen LogP contribution in [0.3, 0.4) is 0 Å². The largest absolute Gasteiger partial charge is 0.457 e. The van der Waals surface area contributed by atoms with Gasteiger partial charge < -0.3 is 10.1 Å². The van der Waals surface area contributed by atoms with E-state index in [2.05, 4.69) is 26.3 Å². The number of nitrogens with zero attached hydrogens (tertiary/aromatic N) is 3. The number of carbonyl (C=O) groups is 1.